The van der Waals surface area contributed by atoms with E-state index in [0.29, 0.717) is 75.1 Å². The molecule has 3 aliphatic heterocycles. The lowest BCUT2D eigenvalue weighted by atomic mass is 9.63. The molecule has 16 heteroatoms. The summed E-state index contributed by atoms with van der Waals surface area (Å²) in [5.41, 5.74) is 9.99. The lowest BCUT2D eigenvalue weighted by Crippen LogP contribution is -2.52. The van der Waals surface area contributed by atoms with E-state index in [-0.39, 0.29) is 67.5 Å². The number of benzene rings is 3. The number of aromatic nitrogens is 1. The first kappa shape index (κ1) is 45.9. The largest absolute Gasteiger partial charge is 0.489 e. The van der Waals surface area contributed by atoms with E-state index in [1.54, 1.807) is 36.5 Å². The summed E-state index contributed by atoms with van der Waals surface area (Å²) in [6.45, 7) is 5.11. The number of pyridine rings is 1. The molecule has 2 unspecified atom stereocenters. The van der Waals surface area contributed by atoms with Gasteiger partial charge in [0.05, 0.1) is 48.8 Å². The molecule has 0 radical (unpaired) electrons. The number of nitrogens with one attached hydrogen (secondary N) is 2. The number of halogens is 2. The summed E-state index contributed by atoms with van der Waals surface area (Å²) < 4.78 is 32.1. The highest BCUT2D eigenvalue weighted by Crippen LogP contribution is 2.47. The van der Waals surface area contributed by atoms with Crippen LogP contribution in [0.25, 0.3) is 10.9 Å². The number of hydrogen-bond donors (Lipinski definition) is 3. The second-order valence-electron chi connectivity index (χ2n) is 17.7. The molecule has 2 saturated heterocycles. The number of carbonyl (C=O) groups is 5. The quantitative estimate of drug-likeness (QED) is 0.0791. The molecule has 1 saturated carbocycles. The molecule has 14 nitrogen and oxygen atoms in total. The number of primary amides is 1. The molecule has 5 amide bonds. The monoisotopic (exact) mass is 910 g/mol. The van der Waals surface area contributed by atoms with Crippen molar-refractivity contribution >= 4 is 57.7 Å². The topological polar surface area (TPSA) is 182 Å². The van der Waals surface area contributed by atoms with Crippen LogP contribution >= 0.6 is 11.6 Å². The molecular weight excluding hydrogens is 855 g/mol. The van der Waals surface area contributed by atoms with Crippen LogP contribution in [0.3, 0.4) is 0 Å². The van der Waals surface area contributed by atoms with Crippen LogP contribution < -0.4 is 21.1 Å². The first-order valence-corrected chi connectivity index (χ1v) is 23.0. The minimum atomic E-state index is -0.958. The molecule has 0 spiro atoms. The smallest absolute Gasteiger partial charge is 0.255 e. The molecule has 1 aromatic heterocycles. The molecule has 3 aromatic carbocycles. The van der Waals surface area contributed by atoms with Crippen LogP contribution in [0, 0.1) is 11.7 Å². The maximum Gasteiger partial charge on any atom is 0.255 e. The van der Waals surface area contributed by atoms with Gasteiger partial charge in [0.1, 0.15) is 23.7 Å². The number of amides is 5. The Kier molecular flexibility index (Phi) is 14.3. The van der Waals surface area contributed by atoms with Crippen molar-refractivity contribution in [1.82, 2.24) is 20.1 Å². The van der Waals surface area contributed by atoms with Crippen LogP contribution in [-0.2, 0) is 40.6 Å². The third-order valence-electron chi connectivity index (χ3n) is 13.8. The summed E-state index contributed by atoms with van der Waals surface area (Å²) in [4.78, 5) is 71.2. The van der Waals surface area contributed by atoms with Crippen molar-refractivity contribution < 1.29 is 42.6 Å². The Hall–Kier alpha value is -5.64. The molecular formula is C49H56ClFN6O8. The molecule has 65 heavy (non-hydrogen) atoms. The van der Waals surface area contributed by atoms with Gasteiger partial charge in [-0.3, -0.25) is 34.3 Å². The summed E-state index contributed by atoms with van der Waals surface area (Å²) >= 11 is 6.66. The Morgan fingerprint density at radius 1 is 0.938 bits per heavy atom. The van der Waals surface area contributed by atoms with Crippen LogP contribution in [0.1, 0.15) is 97.7 Å². The number of nitrogens with two attached hydrogens (primary N) is 1. The molecule has 4 aliphatic rings. The zero-order chi connectivity index (χ0) is 45.7. The van der Waals surface area contributed by atoms with Crippen molar-refractivity contribution in [1.29, 1.82) is 0 Å². The number of hydrogen-bond acceptors (Lipinski definition) is 10. The fourth-order valence-corrected chi connectivity index (χ4v) is 10.2. The van der Waals surface area contributed by atoms with E-state index < -0.39 is 23.3 Å². The molecule has 4 aromatic rings. The maximum absolute atomic E-state index is 14.2. The van der Waals surface area contributed by atoms with Crippen molar-refractivity contribution in [2.24, 2.45) is 11.7 Å². The fourth-order valence-electron chi connectivity index (χ4n) is 10.0. The van der Waals surface area contributed by atoms with Crippen molar-refractivity contribution in [2.45, 2.75) is 94.7 Å². The molecule has 344 valence electrons. The Morgan fingerprint density at radius 2 is 1.71 bits per heavy atom. The number of rotatable bonds is 17. The van der Waals surface area contributed by atoms with Gasteiger partial charge >= 0.3 is 0 Å². The van der Waals surface area contributed by atoms with Crippen LogP contribution in [0.15, 0.2) is 66.9 Å². The number of carbonyl (C=O) groups excluding carboxylic acids is 5. The zero-order valence-electron chi connectivity index (χ0n) is 36.6. The highest BCUT2D eigenvalue weighted by Gasteiger charge is 2.44. The van der Waals surface area contributed by atoms with Gasteiger partial charge in [0, 0.05) is 73.8 Å². The molecule has 8 rings (SSSR count). The molecule has 3 fully saturated rings. The van der Waals surface area contributed by atoms with Crippen LogP contribution in [0.5, 0.6) is 5.75 Å². The normalized spacial score (nSPS) is 21.2. The highest BCUT2D eigenvalue weighted by atomic mass is 35.5. The minimum Gasteiger partial charge on any atom is -0.489 e. The van der Waals surface area contributed by atoms with Crippen LogP contribution in [0.2, 0.25) is 5.02 Å². The van der Waals surface area contributed by atoms with Gasteiger partial charge < -0.3 is 35.1 Å². The summed E-state index contributed by atoms with van der Waals surface area (Å²) in [7, 11) is 0. The average Bonchev–Trinajstić information content (AvgIpc) is 3.64. The van der Waals surface area contributed by atoms with Gasteiger partial charge in [0.15, 0.2) is 0 Å². The standard InChI is InChI=1S/C49H56ClFN6O8/c1-49(48(52)62,31-7-5-30(6-8-31)35-15-19-53-41-12-10-33(51)28-37(35)41)32-9-11-39(50)43(27-32)65-34-16-21-56(22-17-34)45(59)18-23-63-25-26-64-24-20-54-40-4-2-3-36-38(40)29-57(47(36)61)42-13-14-44(58)55-46(42)60/h2-4,9-12,15,19,27-28,30-31,34,42,54H,5-8,13-14,16-18,20-26,29H2,1H3,(H2,52,62)(H,55,58,60). The second kappa shape index (κ2) is 20.3. The average molecular weight is 911 g/mol. The van der Waals surface area contributed by atoms with Gasteiger partial charge in [0.2, 0.25) is 23.6 Å². The number of fused-ring (bicyclic) bond motifs is 2. The van der Waals surface area contributed by atoms with Crippen LogP contribution in [-0.4, -0.2) is 103 Å². The first-order valence-electron chi connectivity index (χ1n) is 22.6. The second-order valence-corrected chi connectivity index (χ2v) is 18.1. The lowest BCUT2D eigenvalue weighted by Gasteiger charge is -2.40. The Bertz CT molecular complexity index is 2440. The SMILES string of the molecule is CC(C(N)=O)(c1ccc(Cl)c(OC2CCN(C(=O)CCOCCOCCNc3cccc4c3CN(C3CCC(=O)NC3=O)C4=O)CC2)c1)C1CCC(c2ccnc3ccc(F)cc23)CC1. The summed E-state index contributed by atoms with van der Waals surface area (Å²) in [6.07, 6.45) is 6.83. The van der Waals surface area contributed by atoms with E-state index in [4.69, 9.17) is 31.5 Å². The number of ether oxygens (including phenoxy) is 3. The predicted octanol–water partition coefficient (Wildman–Crippen LogP) is 6.41. The van der Waals surface area contributed by atoms with Crippen molar-refractivity contribution in [3.63, 3.8) is 0 Å². The van der Waals surface area contributed by atoms with Crippen LogP contribution in [0.4, 0.5) is 10.1 Å². The van der Waals surface area contributed by atoms with E-state index in [1.165, 1.54) is 11.0 Å². The Balaban J connectivity index is 0.734. The molecule has 1 aliphatic carbocycles. The number of anilines is 1. The first-order chi connectivity index (χ1) is 31.4. The van der Waals surface area contributed by atoms with E-state index in [2.05, 4.69) is 15.6 Å². The molecule has 4 N–H and O–H groups in total. The number of piperidine rings is 2. The molecule has 2 atom stereocenters. The van der Waals surface area contributed by atoms with Gasteiger partial charge in [-0.05, 0) is 111 Å². The van der Waals surface area contributed by atoms with Crippen molar-refractivity contribution in [3.8, 4) is 5.75 Å². The highest BCUT2D eigenvalue weighted by molar-refractivity contribution is 6.32. The van der Waals surface area contributed by atoms with Gasteiger partial charge in [-0.15, -0.1) is 0 Å². The fraction of sp³-hybridized carbons (Fsp3) is 0.469. The van der Waals surface area contributed by atoms with Crippen molar-refractivity contribution in [2.75, 3.05) is 51.4 Å². The maximum atomic E-state index is 14.2. The van der Waals surface area contributed by atoms with Gasteiger partial charge in [-0.1, -0.05) is 23.7 Å². The minimum absolute atomic E-state index is 0.00914. The third-order valence-corrected chi connectivity index (χ3v) is 14.1. The van der Waals surface area contributed by atoms with Crippen molar-refractivity contribution in [3.05, 3.63) is 100.0 Å². The zero-order valence-corrected chi connectivity index (χ0v) is 37.4. The van der Waals surface area contributed by atoms with Gasteiger partial charge in [-0.2, -0.15) is 0 Å². The Labute approximate surface area is 382 Å². The number of nitrogens with zero attached hydrogens (tertiary/aromatic N) is 3. The molecule has 4 heterocycles. The van der Waals surface area contributed by atoms with E-state index >= 15 is 0 Å². The van der Waals surface area contributed by atoms with Gasteiger partial charge in [-0.25, -0.2) is 4.39 Å². The lowest BCUT2D eigenvalue weighted by molar-refractivity contribution is -0.137. The summed E-state index contributed by atoms with van der Waals surface area (Å²) in [5.74, 6) is -0.967. The van der Waals surface area contributed by atoms with E-state index in [9.17, 15) is 28.4 Å². The van der Waals surface area contributed by atoms with Gasteiger partial charge in [0.25, 0.3) is 5.91 Å². The summed E-state index contributed by atoms with van der Waals surface area (Å²) in [5, 5.41) is 6.92. The number of likely N-dealkylation sites (tertiary alicyclic amines) is 1. The van der Waals surface area contributed by atoms with E-state index in [0.717, 1.165) is 59.0 Å². The summed E-state index contributed by atoms with van der Waals surface area (Å²) in [6, 6.07) is 16.9. The number of imide groups is 1. The Morgan fingerprint density at radius 3 is 2.46 bits per heavy atom. The third kappa shape index (κ3) is 10.1. The molecule has 0 bridgehead atoms. The predicted molar refractivity (Wildman–Crippen MR) is 242 cm³/mol. The van der Waals surface area contributed by atoms with E-state index in [1.807, 2.05) is 36.1 Å².